The molecule has 1 aliphatic carbocycles. The van der Waals surface area contributed by atoms with E-state index in [0.717, 1.165) is 19.3 Å². The van der Waals surface area contributed by atoms with Crippen molar-refractivity contribution < 1.29 is 22.6 Å². The van der Waals surface area contributed by atoms with E-state index in [9.17, 15) is 13.2 Å². The Bertz CT molecular complexity index is 303. The van der Waals surface area contributed by atoms with E-state index in [2.05, 4.69) is 5.32 Å². The Morgan fingerprint density at radius 3 is 2.55 bits per heavy atom. The largest absolute Gasteiger partial charge is 0.391 e. The molecule has 1 saturated heterocycles. The van der Waals surface area contributed by atoms with Crippen LogP contribution in [0.1, 0.15) is 38.5 Å². The SMILES string of the molecule is COC1(CN[C@H]2CCC[C@@H](C(F)(F)F)C2)CCOCC1. The smallest absolute Gasteiger partial charge is 0.381 e. The summed E-state index contributed by atoms with van der Waals surface area (Å²) in [6, 6.07) is -0.0507. The number of halogens is 3. The average Bonchev–Trinajstić information content (AvgIpc) is 2.46. The summed E-state index contributed by atoms with van der Waals surface area (Å²) >= 11 is 0. The van der Waals surface area contributed by atoms with Crippen LogP contribution in [0.15, 0.2) is 0 Å². The Morgan fingerprint density at radius 2 is 1.95 bits per heavy atom. The first-order valence-corrected chi connectivity index (χ1v) is 7.38. The van der Waals surface area contributed by atoms with Crippen LogP contribution in [0.2, 0.25) is 0 Å². The van der Waals surface area contributed by atoms with Gasteiger partial charge in [-0.1, -0.05) is 6.42 Å². The van der Waals surface area contributed by atoms with Gasteiger partial charge in [-0.2, -0.15) is 13.2 Å². The summed E-state index contributed by atoms with van der Waals surface area (Å²) < 4.78 is 49.3. The molecule has 0 radical (unpaired) electrons. The predicted molar refractivity (Wildman–Crippen MR) is 69.6 cm³/mol. The number of alkyl halides is 3. The van der Waals surface area contributed by atoms with Crippen LogP contribution in [-0.2, 0) is 9.47 Å². The van der Waals surface area contributed by atoms with Gasteiger partial charge in [0.05, 0.1) is 11.5 Å². The van der Waals surface area contributed by atoms with Gasteiger partial charge in [-0.15, -0.1) is 0 Å². The molecule has 2 rings (SSSR count). The lowest BCUT2D eigenvalue weighted by atomic mass is 9.84. The highest BCUT2D eigenvalue weighted by Gasteiger charge is 2.42. The molecule has 6 heteroatoms. The lowest BCUT2D eigenvalue weighted by Crippen LogP contribution is -2.50. The van der Waals surface area contributed by atoms with E-state index in [1.807, 2.05) is 0 Å². The van der Waals surface area contributed by atoms with Gasteiger partial charge in [0.15, 0.2) is 0 Å². The number of hydrogen-bond acceptors (Lipinski definition) is 3. The van der Waals surface area contributed by atoms with Crippen LogP contribution in [0, 0.1) is 5.92 Å². The maximum absolute atomic E-state index is 12.8. The van der Waals surface area contributed by atoms with Gasteiger partial charge in [0, 0.05) is 45.8 Å². The van der Waals surface area contributed by atoms with Crippen molar-refractivity contribution in [3.8, 4) is 0 Å². The maximum Gasteiger partial charge on any atom is 0.391 e. The molecule has 0 spiro atoms. The molecule has 2 aliphatic rings. The first-order chi connectivity index (χ1) is 9.45. The van der Waals surface area contributed by atoms with Crippen molar-refractivity contribution in [2.45, 2.75) is 56.3 Å². The van der Waals surface area contributed by atoms with Gasteiger partial charge in [0.25, 0.3) is 0 Å². The molecule has 0 aromatic heterocycles. The Labute approximate surface area is 118 Å². The minimum Gasteiger partial charge on any atom is -0.381 e. The third kappa shape index (κ3) is 4.09. The fourth-order valence-electron chi connectivity index (χ4n) is 3.20. The van der Waals surface area contributed by atoms with E-state index in [1.165, 1.54) is 0 Å². The third-order valence-electron chi connectivity index (χ3n) is 4.69. The molecule has 2 fully saturated rings. The third-order valence-corrected chi connectivity index (χ3v) is 4.69. The van der Waals surface area contributed by atoms with Gasteiger partial charge in [-0.3, -0.25) is 0 Å². The number of methoxy groups -OCH3 is 1. The molecule has 2 atom stereocenters. The molecule has 0 aromatic rings. The first-order valence-electron chi connectivity index (χ1n) is 7.38. The second-order valence-corrected chi connectivity index (χ2v) is 5.98. The van der Waals surface area contributed by atoms with Crippen molar-refractivity contribution >= 4 is 0 Å². The Kier molecular flexibility index (Phi) is 5.31. The summed E-state index contributed by atoms with van der Waals surface area (Å²) in [7, 11) is 1.67. The molecule has 0 unspecified atom stereocenters. The number of rotatable bonds is 4. The van der Waals surface area contributed by atoms with Crippen molar-refractivity contribution in [3.05, 3.63) is 0 Å². The van der Waals surface area contributed by atoms with Crippen molar-refractivity contribution in [2.24, 2.45) is 5.92 Å². The highest BCUT2D eigenvalue weighted by atomic mass is 19.4. The lowest BCUT2D eigenvalue weighted by molar-refractivity contribution is -0.184. The van der Waals surface area contributed by atoms with Crippen LogP contribution >= 0.6 is 0 Å². The van der Waals surface area contributed by atoms with E-state index in [4.69, 9.17) is 9.47 Å². The summed E-state index contributed by atoms with van der Waals surface area (Å²) in [4.78, 5) is 0. The van der Waals surface area contributed by atoms with E-state index >= 15 is 0 Å². The fraction of sp³-hybridized carbons (Fsp3) is 1.00. The summed E-state index contributed by atoms with van der Waals surface area (Å²) in [5, 5.41) is 3.30. The van der Waals surface area contributed by atoms with Gasteiger partial charge in [-0.25, -0.2) is 0 Å². The zero-order valence-corrected chi connectivity index (χ0v) is 12.0. The van der Waals surface area contributed by atoms with Crippen LogP contribution < -0.4 is 5.32 Å². The highest BCUT2D eigenvalue weighted by molar-refractivity contribution is 4.89. The van der Waals surface area contributed by atoms with Crippen LogP contribution in [0.25, 0.3) is 0 Å². The van der Waals surface area contributed by atoms with Crippen LogP contribution in [-0.4, -0.2) is 44.7 Å². The second-order valence-electron chi connectivity index (χ2n) is 5.98. The molecule has 0 amide bonds. The molecule has 1 heterocycles. The van der Waals surface area contributed by atoms with Gasteiger partial charge < -0.3 is 14.8 Å². The maximum atomic E-state index is 12.8. The quantitative estimate of drug-likeness (QED) is 0.865. The molecule has 0 aromatic carbocycles. The molecule has 1 N–H and O–H groups in total. The standard InChI is InChI=1S/C14H24F3NO2/c1-19-13(5-7-20-8-6-13)10-18-12-4-2-3-11(9-12)14(15,16)17/h11-12,18H,2-10H2,1H3/t11-,12+/m1/s1. The molecule has 1 saturated carbocycles. The Morgan fingerprint density at radius 1 is 1.25 bits per heavy atom. The van der Waals surface area contributed by atoms with Crippen molar-refractivity contribution in [2.75, 3.05) is 26.9 Å². The van der Waals surface area contributed by atoms with E-state index < -0.39 is 12.1 Å². The fourth-order valence-corrected chi connectivity index (χ4v) is 3.20. The summed E-state index contributed by atoms with van der Waals surface area (Å²) in [5.41, 5.74) is -0.274. The van der Waals surface area contributed by atoms with Crippen LogP contribution in [0.4, 0.5) is 13.2 Å². The van der Waals surface area contributed by atoms with Crippen molar-refractivity contribution in [1.29, 1.82) is 0 Å². The van der Waals surface area contributed by atoms with Gasteiger partial charge in [-0.05, 0) is 19.3 Å². The van der Waals surface area contributed by atoms with Gasteiger partial charge in [0.1, 0.15) is 0 Å². The van der Waals surface area contributed by atoms with E-state index in [0.29, 0.717) is 26.2 Å². The van der Waals surface area contributed by atoms with Crippen LogP contribution in [0.5, 0.6) is 0 Å². The monoisotopic (exact) mass is 295 g/mol. The molecule has 0 bridgehead atoms. The zero-order chi connectivity index (χ0) is 14.6. The first kappa shape index (κ1) is 16.0. The lowest BCUT2D eigenvalue weighted by Gasteiger charge is -2.39. The zero-order valence-electron chi connectivity index (χ0n) is 12.0. The van der Waals surface area contributed by atoms with Crippen molar-refractivity contribution in [1.82, 2.24) is 5.32 Å². The minimum absolute atomic E-state index is 0.0507. The average molecular weight is 295 g/mol. The summed E-state index contributed by atoms with van der Waals surface area (Å²) in [6.07, 6.45) is -0.533. The number of hydrogen-bond donors (Lipinski definition) is 1. The summed E-state index contributed by atoms with van der Waals surface area (Å²) in [5.74, 6) is -1.15. The van der Waals surface area contributed by atoms with E-state index in [1.54, 1.807) is 7.11 Å². The summed E-state index contributed by atoms with van der Waals surface area (Å²) in [6.45, 7) is 1.93. The van der Waals surface area contributed by atoms with E-state index in [-0.39, 0.29) is 24.5 Å². The molecule has 118 valence electrons. The second kappa shape index (κ2) is 6.62. The molecular weight excluding hydrogens is 271 g/mol. The van der Waals surface area contributed by atoms with Gasteiger partial charge >= 0.3 is 6.18 Å². The number of nitrogens with one attached hydrogen (secondary N) is 1. The normalized spacial score (nSPS) is 31.2. The Balaban J connectivity index is 1.83. The predicted octanol–water partition coefficient (Wildman–Crippen LogP) is 2.89. The van der Waals surface area contributed by atoms with Gasteiger partial charge in [0.2, 0.25) is 0 Å². The molecule has 20 heavy (non-hydrogen) atoms. The Hall–Kier alpha value is -0.330. The van der Waals surface area contributed by atoms with Crippen molar-refractivity contribution in [3.63, 3.8) is 0 Å². The molecular formula is C14H24F3NO2. The minimum atomic E-state index is -4.06. The van der Waals surface area contributed by atoms with Crippen LogP contribution in [0.3, 0.4) is 0 Å². The number of ether oxygens (including phenoxy) is 2. The highest BCUT2D eigenvalue weighted by Crippen LogP contribution is 2.37. The topological polar surface area (TPSA) is 30.5 Å². The molecule has 3 nitrogen and oxygen atoms in total. The molecule has 1 aliphatic heterocycles.